The molecule has 0 saturated carbocycles. The Balaban J connectivity index is 1.80. The summed E-state index contributed by atoms with van der Waals surface area (Å²) in [4.78, 5) is 39.7. The molecule has 0 saturated heterocycles. The third kappa shape index (κ3) is 3.26. The molecule has 0 bridgehead atoms. The third-order valence-corrected chi connectivity index (χ3v) is 6.87. The number of ether oxygens (including phenoxy) is 1. The second kappa shape index (κ2) is 8.07. The number of nitrogens with zero attached hydrogens (tertiary/aromatic N) is 2. The minimum Gasteiger partial charge on any atom is -0.497 e. The second-order valence-electron chi connectivity index (χ2n) is 7.91. The maximum absolute atomic E-state index is 13.5. The molecule has 1 heterocycles. The predicted octanol–water partition coefficient (Wildman–Crippen LogP) is 6.30. The summed E-state index contributed by atoms with van der Waals surface area (Å²) in [7, 11) is 1.52. The normalized spacial score (nSPS) is 12.9. The Labute approximate surface area is 202 Å². The van der Waals surface area contributed by atoms with Crippen LogP contribution in [0.4, 0.5) is 11.4 Å². The predicted molar refractivity (Wildman–Crippen MR) is 133 cm³/mol. The molecule has 4 aromatic carbocycles. The fraction of sp³-hybridized carbons (Fsp3) is 0.0769. The maximum Gasteiger partial charge on any atom is 0.278 e. The van der Waals surface area contributed by atoms with Gasteiger partial charge in [-0.05, 0) is 59.8 Å². The molecule has 168 valence electrons. The van der Waals surface area contributed by atoms with Crippen LogP contribution in [0.3, 0.4) is 0 Å². The van der Waals surface area contributed by atoms with Crippen molar-refractivity contribution in [2.24, 2.45) is 0 Å². The molecule has 8 heteroatoms. The number of hydrogen-bond donors (Lipinski definition) is 0. The van der Waals surface area contributed by atoms with Gasteiger partial charge in [-0.2, -0.15) is 0 Å². The number of halogens is 1. The van der Waals surface area contributed by atoms with Gasteiger partial charge in [0.2, 0.25) is 0 Å². The van der Waals surface area contributed by atoms with Gasteiger partial charge in [-0.15, -0.1) is 0 Å². The molecule has 0 aliphatic carbocycles. The van der Waals surface area contributed by atoms with Gasteiger partial charge in [0.15, 0.2) is 0 Å². The largest absolute Gasteiger partial charge is 0.497 e. The summed E-state index contributed by atoms with van der Waals surface area (Å²) in [6, 6.07) is 18.3. The SMILES string of the molecule is COc1ccc(N2C(=O)c3cccc4c(-c5ccc(Br)c(C)c5)c([N+](=O)[O-])cc(c34)C2=O)cc1. The van der Waals surface area contributed by atoms with Crippen LogP contribution in [0.25, 0.3) is 21.9 Å². The monoisotopic (exact) mass is 516 g/mol. The first kappa shape index (κ1) is 21.8. The summed E-state index contributed by atoms with van der Waals surface area (Å²) in [5, 5.41) is 13.1. The molecule has 5 rings (SSSR count). The fourth-order valence-electron chi connectivity index (χ4n) is 4.36. The van der Waals surface area contributed by atoms with Crippen molar-refractivity contribution < 1.29 is 19.2 Å². The van der Waals surface area contributed by atoms with Crippen LogP contribution in [0.5, 0.6) is 5.75 Å². The van der Waals surface area contributed by atoms with Gasteiger partial charge in [-0.3, -0.25) is 19.7 Å². The Morgan fingerprint density at radius 2 is 1.65 bits per heavy atom. The average molecular weight is 517 g/mol. The van der Waals surface area contributed by atoms with Crippen molar-refractivity contribution in [3.63, 3.8) is 0 Å². The molecule has 0 unspecified atom stereocenters. The summed E-state index contributed by atoms with van der Waals surface area (Å²) in [6.45, 7) is 1.89. The molecule has 0 fully saturated rings. The second-order valence-corrected chi connectivity index (χ2v) is 8.77. The van der Waals surface area contributed by atoms with Crippen LogP contribution in [0.2, 0.25) is 0 Å². The summed E-state index contributed by atoms with van der Waals surface area (Å²) in [5.41, 5.74) is 2.50. The van der Waals surface area contributed by atoms with Gasteiger partial charge in [-0.1, -0.05) is 40.2 Å². The lowest BCUT2D eigenvalue weighted by atomic mass is 9.87. The number of hydrogen-bond acceptors (Lipinski definition) is 5. The van der Waals surface area contributed by atoms with Crippen LogP contribution in [0.1, 0.15) is 26.3 Å². The van der Waals surface area contributed by atoms with E-state index in [0.717, 1.165) is 14.9 Å². The van der Waals surface area contributed by atoms with E-state index in [1.807, 2.05) is 19.1 Å². The van der Waals surface area contributed by atoms with Crippen LogP contribution in [0, 0.1) is 17.0 Å². The van der Waals surface area contributed by atoms with Crippen molar-refractivity contribution in [1.29, 1.82) is 0 Å². The quantitative estimate of drug-likeness (QED) is 0.180. The highest BCUT2D eigenvalue weighted by atomic mass is 79.9. The number of imide groups is 1. The molecule has 0 N–H and O–H groups in total. The van der Waals surface area contributed by atoms with E-state index in [1.54, 1.807) is 48.5 Å². The van der Waals surface area contributed by atoms with E-state index < -0.39 is 16.7 Å². The van der Waals surface area contributed by atoms with Crippen molar-refractivity contribution in [3.05, 3.63) is 98.0 Å². The molecule has 0 spiro atoms. The first-order valence-electron chi connectivity index (χ1n) is 10.3. The van der Waals surface area contributed by atoms with Gasteiger partial charge in [-0.25, -0.2) is 4.90 Å². The minimum absolute atomic E-state index is 0.116. The highest BCUT2D eigenvalue weighted by Gasteiger charge is 2.37. The highest BCUT2D eigenvalue weighted by Crippen LogP contribution is 2.43. The maximum atomic E-state index is 13.5. The standard InChI is InChI=1S/C26H17BrN2O5/c1-14-12-15(6-11-21(14)27)23-18-4-3-5-19-24(18)20(13-22(23)29(32)33)26(31)28(25(19)30)16-7-9-17(34-2)10-8-16/h3-13H,1-2H3. The smallest absolute Gasteiger partial charge is 0.278 e. The lowest BCUT2D eigenvalue weighted by Crippen LogP contribution is -2.40. The number of nitro groups is 1. The van der Waals surface area contributed by atoms with Crippen molar-refractivity contribution in [1.82, 2.24) is 0 Å². The van der Waals surface area contributed by atoms with Gasteiger partial charge in [0.1, 0.15) is 5.75 Å². The molecule has 0 radical (unpaired) electrons. The number of carbonyl (C=O) groups is 2. The van der Waals surface area contributed by atoms with Gasteiger partial charge in [0.25, 0.3) is 17.5 Å². The van der Waals surface area contributed by atoms with Gasteiger partial charge >= 0.3 is 0 Å². The van der Waals surface area contributed by atoms with E-state index in [4.69, 9.17) is 4.74 Å². The molecule has 0 aromatic heterocycles. The topological polar surface area (TPSA) is 89.8 Å². The number of amides is 2. The number of aryl methyl sites for hydroxylation is 1. The number of methoxy groups -OCH3 is 1. The lowest BCUT2D eigenvalue weighted by molar-refractivity contribution is -0.384. The Kier molecular flexibility index (Phi) is 5.17. The fourth-order valence-corrected chi connectivity index (χ4v) is 4.61. The van der Waals surface area contributed by atoms with Gasteiger partial charge < -0.3 is 4.74 Å². The molecule has 34 heavy (non-hydrogen) atoms. The molecule has 1 aliphatic heterocycles. The Bertz CT molecular complexity index is 1530. The van der Waals surface area contributed by atoms with Crippen molar-refractivity contribution >= 4 is 49.9 Å². The van der Waals surface area contributed by atoms with E-state index in [2.05, 4.69) is 15.9 Å². The van der Waals surface area contributed by atoms with Gasteiger partial charge in [0.05, 0.1) is 28.8 Å². The number of carbonyl (C=O) groups excluding carboxylic acids is 2. The van der Waals surface area contributed by atoms with Crippen LogP contribution >= 0.6 is 15.9 Å². The highest BCUT2D eigenvalue weighted by molar-refractivity contribution is 9.10. The number of nitro benzene ring substituents is 1. The Morgan fingerprint density at radius 1 is 0.941 bits per heavy atom. The summed E-state index contributed by atoms with van der Waals surface area (Å²) in [5.74, 6) is -0.520. The molecular formula is C26H17BrN2O5. The Morgan fingerprint density at radius 3 is 2.29 bits per heavy atom. The van der Waals surface area contributed by atoms with E-state index in [0.29, 0.717) is 38.9 Å². The average Bonchev–Trinajstić information content (AvgIpc) is 2.84. The van der Waals surface area contributed by atoms with Crippen LogP contribution in [0.15, 0.2) is 71.2 Å². The summed E-state index contributed by atoms with van der Waals surface area (Å²) in [6.07, 6.45) is 0. The number of benzene rings is 4. The van der Waals surface area contributed by atoms with Crippen molar-refractivity contribution in [3.8, 4) is 16.9 Å². The van der Waals surface area contributed by atoms with Crippen LogP contribution < -0.4 is 9.64 Å². The van der Waals surface area contributed by atoms with E-state index in [1.165, 1.54) is 13.2 Å². The molecule has 4 aromatic rings. The molecule has 2 amide bonds. The van der Waals surface area contributed by atoms with E-state index in [9.17, 15) is 19.7 Å². The molecular weight excluding hydrogens is 500 g/mol. The van der Waals surface area contributed by atoms with Crippen molar-refractivity contribution in [2.45, 2.75) is 6.92 Å². The first-order valence-corrected chi connectivity index (χ1v) is 11.1. The zero-order chi connectivity index (χ0) is 24.1. The van der Waals surface area contributed by atoms with E-state index in [-0.39, 0.29) is 11.3 Å². The zero-order valence-electron chi connectivity index (χ0n) is 18.2. The number of anilines is 1. The minimum atomic E-state index is -0.611. The summed E-state index contributed by atoms with van der Waals surface area (Å²) >= 11 is 3.46. The van der Waals surface area contributed by atoms with Crippen LogP contribution in [-0.4, -0.2) is 23.8 Å². The zero-order valence-corrected chi connectivity index (χ0v) is 19.8. The summed E-state index contributed by atoms with van der Waals surface area (Å²) < 4.78 is 6.04. The molecule has 0 atom stereocenters. The lowest BCUT2D eigenvalue weighted by Gasteiger charge is -2.28. The van der Waals surface area contributed by atoms with Crippen LogP contribution in [-0.2, 0) is 0 Å². The van der Waals surface area contributed by atoms with Gasteiger partial charge in [0, 0.05) is 21.5 Å². The number of rotatable bonds is 4. The van der Waals surface area contributed by atoms with Crippen molar-refractivity contribution in [2.75, 3.05) is 12.0 Å². The molecule has 7 nitrogen and oxygen atoms in total. The first-order chi connectivity index (χ1) is 16.3. The van der Waals surface area contributed by atoms with E-state index >= 15 is 0 Å². The Hall–Kier alpha value is -4.04. The third-order valence-electron chi connectivity index (χ3n) is 5.98. The molecule has 1 aliphatic rings.